The summed E-state index contributed by atoms with van der Waals surface area (Å²) in [5.74, 6) is 0.102. The minimum atomic E-state index is -3.28. The SMILES string of the molecule is CCCS(=O)(=O)Nc1ccc(Nc2cccc(Cl)c2Cl)cc1. The van der Waals surface area contributed by atoms with E-state index in [1.54, 1.807) is 36.4 Å². The molecule has 0 aliphatic carbocycles. The Bertz CT molecular complexity index is 747. The van der Waals surface area contributed by atoms with Gasteiger partial charge in [0.25, 0.3) is 0 Å². The molecule has 118 valence electrons. The van der Waals surface area contributed by atoms with E-state index in [0.29, 0.717) is 27.8 Å². The highest BCUT2D eigenvalue weighted by Crippen LogP contribution is 2.31. The van der Waals surface area contributed by atoms with Crippen molar-refractivity contribution in [1.29, 1.82) is 0 Å². The van der Waals surface area contributed by atoms with E-state index in [1.807, 2.05) is 13.0 Å². The summed E-state index contributed by atoms with van der Waals surface area (Å²) in [5, 5.41) is 4.04. The van der Waals surface area contributed by atoms with Crippen molar-refractivity contribution in [1.82, 2.24) is 0 Å². The average molecular weight is 359 g/mol. The molecule has 0 fully saturated rings. The molecule has 2 aromatic carbocycles. The summed E-state index contributed by atoms with van der Waals surface area (Å²) >= 11 is 12.1. The van der Waals surface area contributed by atoms with E-state index in [9.17, 15) is 8.42 Å². The third kappa shape index (κ3) is 4.53. The van der Waals surface area contributed by atoms with Gasteiger partial charge in [-0.3, -0.25) is 4.72 Å². The molecule has 0 amide bonds. The molecule has 0 radical (unpaired) electrons. The second-order valence-corrected chi connectivity index (χ2v) is 7.35. The lowest BCUT2D eigenvalue weighted by Crippen LogP contribution is -2.15. The van der Waals surface area contributed by atoms with Gasteiger partial charge in [0, 0.05) is 11.4 Å². The van der Waals surface area contributed by atoms with Gasteiger partial charge in [0.1, 0.15) is 0 Å². The van der Waals surface area contributed by atoms with E-state index in [4.69, 9.17) is 23.2 Å². The molecule has 4 nitrogen and oxygen atoms in total. The lowest BCUT2D eigenvalue weighted by Gasteiger charge is -2.11. The van der Waals surface area contributed by atoms with E-state index in [1.165, 1.54) is 0 Å². The number of sulfonamides is 1. The molecular weight excluding hydrogens is 343 g/mol. The van der Waals surface area contributed by atoms with Gasteiger partial charge in [0.05, 0.1) is 21.5 Å². The molecule has 0 saturated heterocycles. The molecule has 2 aromatic rings. The lowest BCUT2D eigenvalue weighted by molar-refractivity contribution is 0.600. The Morgan fingerprint density at radius 1 is 1.00 bits per heavy atom. The average Bonchev–Trinajstić information content (AvgIpc) is 2.45. The highest BCUT2D eigenvalue weighted by atomic mass is 35.5. The number of hydrogen-bond donors (Lipinski definition) is 2. The smallest absolute Gasteiger partial charge is 0.232 e. The van der Waals surface area contributed by atoms with Gasteiger partial charge in [0.15, 0.2) is 0 Å². The summed E-state index contributed by atoms with van der Waals surface area (Å²) in [7, 11) is -3.28. The van der Waals surface area contributed by atoms with E-state index in [2.05, 4.69) is 10.0 Å². The van der Waals surface area contributed by atoms with Gasteiger partial charge in [0.2, 0.25) is 10.0 Å². The number of anilines is 3. The minimum Gasteiger partial charge on any atom is -0.354 e. The Morgan fingerprint density at radius 3 is 2.27 bits per heavy atom. The molecule has 0 aromatic heterocycles. The van der Waals surface area contributed by atoms with Crippen LogP contribution in [0.25, 0.3) is 0 Å². The van der Waals surface area contributed by atoms with Crippen LogP contribution in [0.1, 0.15) is 13.3 Å². The first-order chi connectivity index (χ1) is 10.4. The van der Waals surface area contributed by atoms with Gasteiger partial charge < -0.3 is 5.32 Å². The fourth-order valence-electron chi connectivity index (χ4n) is 1.88. The third-order valence-corrected chi connectivity index (χ3v) is 5.17. The zero-order valence-electron chi connectivity index (χ0n) is 11.9. The van der Waals surface area contributed by atoms with Crippen LogP contribution < -0.4 is 10.0 Å². The van der Waals surface area contributed by atoms with E-state index in [-0.39, 0.29) is 5.75 Å². The molecule has 0 spiro atoms. The van der Waals surface area contributed by atoms with Crippen LogP contribution in [0.15, 0.2) is 42.5 Å². The van der Waals surface area contributed by atoms with Crippen molar-refractivity contribution in [3.05, 3.63) is 52.5 Å². The molecule has 0 atom stereocenters. The molecule has 0 saturated carbocycles. The normalized spacial score (nSPS) is 11.2. The number of rotatable bonds is 6. The number of halogens is 2. The summed E-state index contributed by atoms with van der Waals surface area (Å²) in [6, 6.07) is 12.2. The zero-order valence-corrected chi connectivity index (χ0v) is 14.3. The Balaban J connectivity index is 2.11. The van der Waals surface area contributed by atoms with Crippen LogP contribution >= 0.6 is 23.2 Å². The summed E-state index contributed by atoms with van der Waals surface area (Å²) in [4.78, 5) is 0. The first kappa shape index (κ1) is 16.9. The third-order valence-electron chi connectivity index (χ3n) is 2.86. The van der Waals surface area contributed by atoms with Crippen molar-refractivity contribution >= 4 is 50.3 Å². The predicted molar refractivity (Wildman–Crippen MR) is 93.9 cm³/mol. The Hall–Kier alpha value is -1.43. The Kier molecular flexibility index (Phi) is 5.56. The van der Waals surface area contributed by atoms with E-state index in [0.717, 1.165) is 5.69 Å². The fraction of sp³-hybridized carbons (Fsp3) is 0.200. The molecular formula is C15H16Cl2N2O2S. The molecule has 0 heterocycles. The number of nitrogens with one attached hydrogen (secondary N) is 2. The fourth-order valence-corrected chi connectivity index (χ4v) is 3.36. The maximum atomic E-state index is 11.7. The molecule has 22 heavy (non-hydrogen) atoms. The van der Waals surface area contributed by atoms with Gasteiger partial charge in [-0.1, -0.05) is 36.2 Å². The molecule has 7 heteroatoms. The van der Waals surface area contributed by atoms with Gasteiger partial charge >= 0.3 is 0 Å². The van der Waals surface area contributed by atoms with E-state index >= 15 is 0 Å². The summed E-state index contributed by atoms with van der Waals surface area (Å²) in [6.45, 7) is 1.82. The van der Waals surface area contributed by atoms with Crippen LogP contribution in [0.4, 0.5) is 17.1 Å². The maximum Gasteiger partial charge on any atom is 0.232 e. The van der Waals surface area contributed by atoms with Crippen molar-refractivity contribution < 1.29 is 8.42 Å². The van der Waals surface area contributed by atoms with Crippen molar-refractivity contribution in [3.8, 4) is 0 Å². The van der Waals surface area contributed by atoms with Crippen molar-refractivity contribution in [2.75, 3.05) is 15.8 Å². The van der Waals surface area contributed by atoms with Gasteiger partial charge in [-0.05, 0) is 42.8 Å². The van der Waals surface area contributed by atoms with Crippen LogP contribution in [0.2, 0.25) is 10.0 Å². The Labute approximate surface area is 140 Å². The largest absolute Gasteiger partial charge is 0.354 e. The van der Waals surface area contributed by atoms with Crippen molar-refractivity contribution in [2.45, 2.75) is 13.3 Å². The standard InChI is InChI=1S/C15H16Cl2N2O2S/c1-2-10-22(20,21)19-12-8-6-11(7-9-12)18-14-5-3-4-13(16)15(14)17/h3-9,18-19H,2,10H2,1H3. The second kappa shape index (κ2) is 7.22. The van der Waals surface area contributed by atoms with Crippen LogP contribution in [-0.2, 0) is 10.0 Å². The van der Waals surface area contributed by atoms with Crippen molar-refractivity contribution in [3.63, 3.8) is 0 Å². The number of hydrogen-bond acceptors (Lipinski definition) is 3. The number of benzene rings is 2. The first-order valence-corrected chi connectivity index (χ1v) is 9.13. The molecule has 0 aliphatic heterocycles. The van der Waals surface area contributed by atoms with Crippen LogP contribution in [0.5, 0.6) is 0 Å². The topological polar surface area (TPSA) is 58.2 Å². The van der Waals surface area contributed by atoms with Gasteiger partial charge in [-0.15, -0.1) is 0 Å². The summed E-state index contributed by atoms with van der Waals surface area (Å²) in [5.41, 5.74) is 1.99. The predicted octanol–water partition coefficient (Wildman–Crippen LogP) is 4.89. The van der Waals surface area contributed by atoms with Gasteiger partial charge in [-0.2, -0.15) is 0 Å². The molecule has 0 bridgehead atoms. The van der Waals surface area contributed by atoms with Crippen molar-refractivity contribution in [2.24, 2.45) is 0 Å². The summed E-state index contributed by atoms with van der Waals surface area (Å²) < 4.78 is 25.9. The minimum absolute atomic E-state index is 0.102. The Morgan fingerprint density at radius 2 is 1.64 bits per heavy atom. The first-order valence-electron chi connectivity index (χ1n) is 6.73. The second-order valence-electron chi connectivity index (χ2n) is 4.72. The lowest BCUT2D eigenvalue weighted by atomic mass is 10.2. The quantitative estimate of drug-likeness (QED) is 0.772. The van der Waals surface area contributed by atoms with Crippen LogP contribution in [-0.4, -0.2) is 14.2 Å². The van der Waals surface area contributed by atoms with Crippen LogP contribution in [0, 0.1) is 0 Å². The van der Waals surface area contributed by atoms with E-state index < -0.39 is 10.0 Å². The molecule has 2 rings (SSSR count). The van der Waals surface area contributed by atoms with Gasteiger partial charge in [-0.25, -0.2) is 8.42 Å². The molecule has 0 unspecified atom stereocenters. The molecule has 0 aliphatic rings. The maximum absolute atomic E-state index is 11.7. The monoisotopic (exact) mass is 358 g/mol. The molecule has 2 N–H and O–H groups in total. The highest BCUT2D eigenvalue weighted by Gasteiger charge is 2.09. The summed E-state index contributed by atoms with van der Waals surface area (Å²) in [6.07, 6.45) is 0.572. The van der Waals surface area contributed by atoms with Crippen LogP contribution in [0.3, 0.4) is 0 Å². The highest BCUT2D eigenvalue weighted by molar-refractivity contribution is 7.92. The zero-order chi connectivity index (χ0) is 16.2.